The number of aromatic nitrogens is 7. The lowest BCUT2D eigenvalue weighted by molar-refractivity contribution is 0.642. The lowest BCUT2D eigenvalue weighted by atomic mass is 9.98. The van der Waals surface area contributed by atoms with Crippen molar-refractivity contribution in [2.24, 2.45) is 0 Å². The minimum atomic E-state index is 0.583. The highest BCUT2D eigenvalue weighted by Gasteiger charge is 2.15. The van der Waals surface area contributed by atoms with Crippen LogP contribution in [0.1, 0.15) is 36.7 Å². The number of thioether (sulfide) groups is 1. The molecule has 0 amide bonds. The van der Waals surface area contributed by atoms with Crippen molar-refractivity contribution in [2.75, 3.05) is 0 Å². The van der Waals surface area contributed by atoms with Crippen LogP contribution < -0.4 is 0 Å². The molecular formula is C27H26ClN7S. The number of unbranched alkanes of at least 4 members (excludes halogenated alkanes) is 1. The van der Waals surface area contributed by atoms with Gasteiger partial charge in [-0.05, 0) is 40.0 Å². The Balaban J connectivity index is 1.38. The number of hydrogen-bond donors (Lipinski definition) is 1. The quantitative estimate of drug-likeness (QED) is 0.215. The summed E-state index contributed by atoms with van der Waals surface area (Å²) in [5.41, 5.74) is 5.39. The van der Waals surface area contributed by atoms with Gasteiger partial charge < -0.3 is 4.57 Å². The van der Waals surface area contributed by atoms with Gasteiger partial charge >= 0.3 is 0 Å². The van der Waals surface area contributed by atoms with E-state index in [1.807, 2.05) is 36.4 Å². The third kappa shape index (κ3) is 5.50. The van der Waals surface area contributed by atoms with E-state index in [4.69, 9.17) is 11.6 Å². The molecule has 2 aromatic heterocycles. The fraction of sp³-hybridized carbons (Fsp3) is 0.222. The van der Waals surface area contributed by atoms with E-state index in [1.54, 1.807) is 11.8 Å². The van der Waals surface area contributed by atoms with Gasteiger partial charge in [0.05, 0.1) is 6.54 Å². The Morgan fingerprint density at radius 2 is 1.67 bits per heavy atom. The van der Waals surface area contributed by atoms with Crippen LogP contribution in [0.15, 0.2) is 78.0 Å². The van der Waals surface area contributed by atoms with Gasteiger partial charge in [-0.2, -0.15) is 5.21 Å². The maximum atomic E-state index is 6.37. The maximum Gasteiger partial charge on any atom is 0.205 e. The molecule has 0 fully saturated rings. The van der Waals surface area contributed by atoms with Crippen LogP contribution in [0.4, 0.5) is 0 Å². The minimum Gasteiger partial charge on any atom is -0.302 e. The lowest BCUT2D eigenvalue weighted by Crippen LogP contribution is -2.07. The number of hydrogen-bond acceptors (Lipinski definition) is 6. The average molecular weight is 516 g/mol. The Bertz CT molecular complexity index is 1410. The molecule has 36 heavy (non-hydrogen) atoms. The number of tetrazole rings is 1. The van der Waals surface area contributed by atoms with Gasteiger partial charge in [-0.1, -0.05) is 103 Å². The van der Waals surface area contributed by atoms with Gasteiger partial charge in [0.1, 0.15) is 5.82 Å². The molecule has 5 rings (SSSR count). The molecule has 182 valence electrons. The SMILES string of the molecule is CCCCc1nnc(SCc2ccccc2Cl)n1Cc1ccc(-c2ccccc2-c2nn[nH]n2)cc1. The van der Waals surface area contributed by atoms with E-state index < -0.39 is 0 Å². The van der Waals surface area contributed by atoms with Crippen molar-refractivity contribution in [1.29, 1.82) is 0 Å². The molecular weight excluding hydrogens is 490 g/mol. The zero-order valence-corrected chi connectivity index (χ0v) is 21.5. The van der Waals surface area contributed by atoms with Gasteiger partial charge in [-0.15, -0.1) is 20.4 Å². The second kappa shape index (κ2) is 11.5. The second-order valence-electron chi connectivity index (χ2n) is 8.45. The fourth-order valence-corrected chi connectivity index (χ4v) is 5.28. The summed E-state index contributed by atoms with van der Waals surface area (Å²) in [7, 11) is 0. The van der Waals surface area contributed by atoms with Crippen LogP contribution in [0, 0.1) is 0 Å². The highest BCUT2D eigenvalue weighted by Crippen LogP contribution is 2.31. The summed E-state index contributed by atoms with van der Waals surface area (Å²) in [6.45, 7) is 2.91. The fourth-order valence-electron chi connectivity index (χ4n) is 4.04. The summed E-state index contributed by atoms with van der Waals surface area (Å²) in [4.78, 5) is 0. The van der Waals surface area contributed by atoms with E-state index in [2.05, 4.69) is 78.7 Å². The predicted molar refractivity (Wildman–Crippen MR) is 144 cm³/mol. The van der Waals surface area contributed by atoms with Crippen molar-refractivity contribution in [2.45, 2.75) is 43.6 Å². The summed E-state index contributed by atoms with van der Waals surface area (Å²) in [6.07, 6.45) is 3.11. The minimum absolute atomic E-state index is 0.583. The van der Waals surface area contributed by atoms with Crippen molar-refractivity contribution in [3.05, 3.63) is 94.8 Å². The van der Waals surface area contributed by atoms with Gasteiger partial charge in [0.25, 0.3) is 0 Å². The zero-order valence-electron chi connectivity index (χ0n) is 19.9. The topological polar surface area (TPSA) is 85.2 Å². The van der Waals surface area contributed by atoms with Crippen molar-refractivity contribution < 1.29 is 0 Å². The molecule has 1 N–H and O–H groups in total. The molecule has 0 unspecified atom stereocenters. The normalized spacial score (nSPS) is 11.2. The van der Waals surface area contributed by atoms with E-state index in [9.17, 15) is 0 Å². The number of rotatable bonds is 10. The highest BCUT2D eigenvalue weighted by molar-refractivity contribution is 7.98. The Hall–Kier alpha value is -3.49. The number of nitrogens with zero attached hydrogens (tertiary/aromatic N) is 6. The molecule has 0 aliphatic rings. The number of halogens is 1. The largest absolute Gasteiger partial charge is 0.302 e. The van der Waals surface area contributed by atoms with Crippen LogP contribution >= 0.6 is 23.4 Å². The first-order chi connectivity index (χ1) is 17.7. The van der Waals surface area contributed by atoms with Crippen LogP contribution in [0.25, 0.3) is 22.5 Å². The Morgan fingerprint density at radius 3 is 2.42 bits per heavy atom. The smallest absolute Gasteiger partial charge is 0.205 e. The number of H-pyrrole nitrogens is 1. The van der Waals surface area contributed by atoms with Gasteiger partial charge in [0, 0.05) is 22.8 Å². The van der Waals surface area contributed by atoms with Gasteiger partial charge in [-0.25, -0.2) is 0 Å². The predicted octanol–water partition coefficient (Wildman–Crippen LogP) is 6.46. The summed E-state index contributed by atoms with van der Waals surface area (Å²) >= 11 is 8.04. The number of nitrogens with one attached hydrogen (secondary N) is 1. The van der Waals surface area contributed by atoms with Crippen molar-refractivity contribution in [1.82, 2.24) is 35.4 Å². The summed E-state index contributed by atoms with van der Waals surface area (Å²) in [6, 6.07) is 24.6. The van der Waals surface area contributed by atoms with E-state index in [1.165, 1.54) is 5.56 Å². The van der Waals surface area contributed by atoms with Crippen molar-refractivity contribution >= 4 is 23.4 Å². The van der Waals surface area contributed by atoms with Gasteiger partial charge in [0.2, 0.25) is 5.82 Å². The van der Waals surface area contributed by atoms with Crippen LogP contribution in [-0.4, -0.2) is 35.4 Å². The highest BCUT2D eigenvalue weighted by atomic mass is 35.5. The number of aromatic amines is 1. The van der Waals surface area contributed by atoms with Crippen LogP contribution in [0.5, 0.6) is 0 Å². The summed E-state index contributed by atoms with van der Waals surface area (Å²) in [5.74, 6) is 2.35. The Kier molecular flexibility index (Phi) is 7.73. The molecule has 0 atom stereocenters. The average Bonchev–Trinajstić information content (AvgIpc) is 3.58. The van der Waals surface area contributed by atoms with E-state index in [-0.39, 0.29) is 0 Å². The number of aryl methyl sites for hydroxylation is 1. The zero-order chi connectivity index (χ0) is 24.7. The third-order valence-electron chi connectivity index (χ3n) is 5.98. The summed E-state index contributed by atoms with van der Waals surface area (Å²) in [5, 5.41) is 25.3. The van der Waals surface area contributed by atoms with Crippen molar-refractivity contribution in [3.63, 3.8) is 0 Å². The van der Waals surface area contributed by atoms with Crippen LogP contribution in [0.3, 0.4) is 0 Å². The number of benzene rings is 3. The first-order valence-electron chi connectivity index (χ1n) is 11.9. The molecule has 0 aliphatic heterocycles. The Labute approximate surface area is 219 Å². The molecule has 0 saturated carbocycles. The molecule has 0 saturated heterocycles. The first kappa shape index (κ1) is 24.2. The lowest BCUT2D eigenvalue weighted by Gasteiger charge is -2.12. The third-order valence-corrected chi connectivity index (χ3v) is 7.37. The van der Waals surface area contributed by atoms with Gasteiger partial charge in [-0.3, -0.25) is 0 Å². The Morgan fingerprint density at radius 1 is 0.889 bits per heavy atom. The molecule has 7 nitrogen and oxygen atoms in total. The molecule has 2 heterocycles. The monoisotopic (exact) mass is 515 g/mol. The van der Waals surface area contributed by atoms with E-state index >= 15 is 0 Å². The molecule has 3 aromatic carbocycles. The molecule has 5 aromatic rings. The van der Waals surface area contributed by atoms with E-state index in [0.29, 0.717) is 12.4 Å². The second-order valence-corrected chi connectivity index (χ2v) is 9.80. The van der Waals surface area contributed by atoms with E-state index in [0.717, 1.165) is 63.3 Å². The molecule has 0 spiro atoms. The maximum absolute atomic E-state index is 6.37. The van der Waals surface area contributed by atoms with Gasteiger partial charge in [0.15, 0.2) is 5.16 Å². The standard InChI is InChI=1S/C27H26ClN7S/c1-2-3-12-25-29-32-27(36-18-21-8-4-7-11-24(21)28)35(25)17-19-13-15-20(16-14-19)22-9-5-6-10-23(22)26-30-33-34-31-26/h4-11,13-16H,2-3,12,17-18H2,1H3,(H,30,31,33,34). The molecule has 0 bridgehead atoms. The molecule has 0 radical (unpaired) electrons. The molecule has 9 heteroatoms. The van der Waals surface area contributed by atoms with Crippen LogP contribution in [0.2, 0.25) is 5.02 Å². The first-order valence-corrected chi connectivity index (χ1v) is 13.3. The molecule has 0 aliphatic carbocycles. The summed E-state index contributed by atoms with van der Waals surface area (Å²) < 4.78 is 2.24. The van der Waals surface area contributed by atoms with Crippen LogP contribution in [-0.2, 0) is 18.7 Å². The van der Waals surface area contributed by atoms with Crippen molar-refractivity contribution in [3.8, 4) is 22.5 Å².